The number of furan rings is 1. The molecule has 10 nitrogen and oxygen atoms in total. The van der Waals surface area contributed by atoms with Gasteiger partial charge in [0.25, 0.3) is 5.91 Å². The fourth-order valence-corrected chi connectivity index (χ4v) is 2.12. The summed E-state index contributed by atoms with van der Waals surface area (Å²) in [5.41, 5.74) is 2.19. The summed E-state index contributed by atoms with van der Waals surface area (Å²) in [5, 5.41) is 24.4. The van der Waals surface area contributed by atoms with Crippen LogP contribution in [0.5, 0.6) is 0 Å². The molecule has 23 heavy (non-hydrogen) atoms. The van der Waals surface area contributed by atoms with Crippen molar-refractivity contribution in [3.63, 3.8) is 0 Å². The van der Waals surface area contributed by atoms with Crippen molar-refractivity contribution in [3.8, 4) is 0 Å². The number of carbonyl (C=O) groups excluding carboxylic acids is 1. The lowest BCUT2D eigenvalue weighted by Gasteiger charge is -1.93. The van der Waals surface area contributed by atoms with Crippen LogP contribution in [0.15, 0.2) is 39.9 Å². The minimum atomic E-state index is -0.661. The van der Waals surface area contributed by atoms with E-state index in [9.17, 15) is 25.0 Å². The van der Waals surface area contributed by atoms with Gasteiger partial charge in [0.1, 0.15) is 15.6 Å². The first-order valence-corrected chi connectivity index (χ1v) is 6.77. The smallest absolute Gasteiger partial charge is 0.401 e. The van der Waals surface area contributed by atoms with Gasteiger partial charge in [0.05, 0.1) is 11.0 Å². The lowest BCUT2D eigenvalue weighted by molar-refractivity contribution is -0.402. The zero-order valence-corrected chi connectivity index (χ0v) is 12.1. The Kier molecular flexibility index (Phi) is 4.94. The summed E-state index contributed by atoms with van der Waals surface area (Å²) in [4.78, 5) is 31.5. The van der Waals surface area contributed by atoms with E-state index in [1.165, 1.54) is 42.6 Å². The number of rotatable bonds is 6. The van der Waals surface area contributed by atoms with Gasteiger partial charge >= 0.3 is 10.9 Å². The van der Waals surface area contributed by atoms with Crippen LogP contribution in [0.25, 0.3) is 6.08 Å². The third-order valence-electron chi connectivity index (χ3n) is 2.38. The van der Waals surface area contributed by atoms with E-state index in [1.807, 2.05) is 0 Å². The maximum Gasteiger partial charge on any atom is 0.433 e. The van der Waals surface area contributed by atoms with Gasteiger partial charge in [-0.2, -0.15) is 5.10 Å². The fraction of sp³-hybridized carbons (Fsp3) is 0. The molecule has 0 fully saturated rings. The molecular formula is C12H8N4O6S. The van der Waals surface area contributed by atoms with Crippen molar-refractivity contribution < 1.29 is 19.1 Å². The lowest BCUT2D eigenvalue weighted by Crippen LogP contribution is -2.15. The van der Waals surface area contributed by atoms with Gasteiger partial charge in [-0.3, -0.25) is 25.0 Å². The van der Waals surface area contributed by atoms with Crippen LogP contribution in [0, 0.1) is 20.2 Å². The monoisotopic (exact) mass is 336 g/mol. The molecule has 2 heterocycles. The van der Waals surface area contributed by atoms with E-state index in [1.54, 1.807) is 0 Å². The van der Waals surface area contributed by atoms with Crippen molar-refractivity contribution in [1.82, 2.24) is 5.43 Å². The molecule has 118 valence electrons. The molecule has 0 aliphatic rings. The van der Waals surface area contributed by atoms with Crippen LogP contribution in [0.2, 0.25) is 0 Å². The molecule has 0 spiro atoms. The van der Waals surface area contributed by atoms with Crippen LogP contribution in [-0.4, -0.2) is 22.0 Å². The van der Waals surface area contributed by atoms with E-state index in [0.717, 1.165) is 11.3 Å². The molecule has 0 saturated heterocycles. The summed E-state index contributed by atoms with van der Waals surface area (Å²) in [6.45, 7) is 0. The summed E-state index contributed by atoms with van der Waals surface area (Å²) in [6.07, 6.45) is 4.05. The van der Waals surface area contributed by atoms with Crippen LogP contribution >= 0.6 is 11.3 Å². The van der Waals surface area contributed by atoms with E-state index in [2.05, 4.69) is 10.5 Å². The Balaban J connectivity index is 1.87. The summed E-state index contributed by atoms with van der Waals surface area (Å²) < 4.78 is 4.87. The van der Waals surface area contributed by atoms with E-state index in [0.29, 0.717) is 0 Å². The molecule has 0 saturated carbocycles. The van der Waals surface area contributed by atoms with Gasteiger partial charge in [-0.1, -0.05) is 11.3 Å². The highest BCUT2D eigenvalue weighted by Crippen LogP contribution is 2.23. The molecular weight excluding hydrogens is 328 g/mol. The number of hydrogen-bond acceptors (Lipinski definition) is 8. The predicted molar refractivity (Wildman–Crippen MR) is 81.3 cm³/mol. The van der Waals surface area contributed by atoms with E-state index < -0.39 is 15.8 Å². The Bertz CT molecular complexity index is 806. The summed E-state index contributed by atoms with van der Waals surface area (Å²) >= 11 is 0.733. The van der Waals surface area contributed by atoms with Gasteiger partial charge < -0.3 is 4.42 Å². The standard InChI is InChI=1S/C12H8N4O6S/c17-12(9-4-6-11(23-9)16(20)21)14-13-7-1-2-8-3-5-10(22-8)15(18)19/h1-7H,(H,14,17)/b2-1+,13-7+. The number of nitrogens with one attached hydrogen (secondary N) is 1. The van der Waals surface area contributed by atoms with Crippen LogP contribution < -0.4 is 5.43 Å². The Morgan fingerprint density at radius 2 is 2.00 bits per heavy atom. The second-order valence-electron chi connectivity index (χ2n) is 3.91. The van der Waals surface area contributed by atoms with Gasteiger partial charge in [-0.25, -0.2) is 5.43 Å². The number of hydrogen-bond donors (Lipinski definition) is 1. The Hall–Kier alpha value is -3.34. The molecule has 0 unspecified atom stereocenters. The Morgan fingerprint density at radius 3 is 2.61 bits per heavy atom. The van der Waals surface area contributed by atoms with Gasteiger partial charge in [0.2, 0.25) is 0 Å². The number of amides is 1. The SMILES string of the molecule is O=C(N/N=C/C=C/c1ccc([N+](=O)[O-])o1)c1ccc([N+](=O)[O-])s1. The average molecular weight is 336 g/mol. The zero-order chi connectivity index (χ0) is 16.8. The molecule has 0 aliphatic heterocycles. The van der Waals surface area contributed by atoms with Crippen molar-refractivity contribution in [1.29, 1.82) is 0 Å². The molecule has 2 aromatic heterocycles. The van der Waals surface area contributed by atoms with E-state index in [4.69, 9.17) is 4.42 Å². The van der Waals surface area contributed by atoms with Gasteiger partial charge in [-0.05, 0) is 24.3 Å². The molecule has 0 atom stereocenters. The Morgan fingerprint density at radius 1 is 1.22 bits per heavy atom. The largest absolute Gasteiger partial charge is 0.433 e. The third-order valence-corrected chi connectivity index (χ3v) is 3.41. The normalized spacial score (nSPS) is 11.1. The fourth-order valence-electron chi connectivity index (χ4n) is 1.41. The van der Waals surface area contributed by atoms with E-state index in [-0.39, 0.29) is 21.5 Å². The summed E-state index contributed by atoms with van der Waals surface area (Å²) in [6, 6.07) is 5.17. The second-order valence-corrected chi connectivity index (χ2v) is 4.97. The zero-order valence-electron chi connectivity index (χ0n) is 11.2. The summed E-state index contributed by atoms with van der Waals surface area (Å²) in [5.74, 6) is -0.709. The highest BCUT2D eigenvalue weighted by atomic mass is 32.1. The third kappa shape index (κ3) is 4.31. The Labute approximate surface area is 132 Å². The van der Waals surface area contributed by atoms with Crippen LogP contribution in [0.1, 0.15) is 15.4 Å². The maximum atomic E-state index is 11.6. The highest BCUT2D eigenvalue weighted by Gasteiger charge is 2.14. The second kappa shape index (κ2) is 7.09. The number of thiophene rings is 1. The number of allylic oxidation sites excluding steroid dienone is 1. The number of nitrogens with zero attached hydrogens (tertiary/aromatic N) is 3. The minimum absolute atomic E-state index is 0.140. The molecule has 0 radical (unpaired) electrons. The van der Waals surface area contributed by atoms with Crippen LogP contribution in [0.4, 0.5) is 10.9 Å². The van der Waals surface area contributed by atoms with Gasteiger partial charge in [0, 0.05) is 12.3 Å². The van der Waals surface area contributed by atoms with Crippen molar-refractivity contribution in [3.05, 3.63) is 61.2 Å². The lowest BCUT2D eigenvalue weighted by atomic mass is 10.4. The molecule has 0 aliphatic carbocycles. The highest BCUT2D eigenvalue weighted by molar-refractivity contribution is 7.17. The molecule has 1 N–H and O–H groups in total. The van der Waals surface area contributed by atoms with Crippen LogP contribution in [0.3, 0.4) is 0 Å². The minimum Gasteiger partial charge on any atom is -0.401 e. The first kappa shape index (κ1) is 16.0. The van der Waals surface area contributed by atoms with Gasteiger partial charge in [0.15, 0.2) is 0 Å². The van der Waals surface area contributed by atoms with Crippen molar-refractivity contribution >= 4 is 40.4 Å². The van der Waals surface area contributed by atoms with Crippen molar-refractivity contribution in [2.75, 3.05) is 0 Å². The number of hydrazone groups is 1. The van der Waals surface area contributed by atoms with Crippen molar-refractivity contribution in [2.45, 2.75) is 0 Å². The molecule has 0 bridgehead atoms. The average Bonchev–Trinajstić information content (AvgIpc) is 3.16. The molecule has 2 rings (SSSR count). The van der Waals surface area contributed by atoms with E-state index >= 15 is 0 Å². The maximum absolute atomic E-state index is 11.6. The molecule has 11 heteroatoms. The number of nitro groups is 2. The summed E-state index contributed by atoms with van der Waals surface area (Å²) in [7, 11) is 0. The first-order chi connectivity index (χ1) is 11.0. The first-order valence-electron chi connectivity index (χ1n) is 5.96. The van der Waals surface area contributed by atoms with Crippen LogP contribution in [-0.2, 0) is 0 Å². The molecule has 1 amide bonds. The number of carbonyl (C=O) groups is 1. The van der Waals surface area contributed by atoms with Crippen molar-refractivity contribution in [2.24, 2.45) is 5.10 Å². The topological polar surface area (TPSA) is 141 Å². The van der Waals surface area contributed by atoms with Gasteiger partial charge in [-0.15, -0.1) is 0 Å². The molecule has 0 aromatic carbocycles. The molecule has 2 aromatic rings. The predicted octanol–water partition coefficient (Wildman–Crippen LogP) is 2.59. The quantitative estimate of drug-likeness (QED) is 0.488.